The lowest BCUT2D eigenvalue weighted by Crippen LogP contribution is -2.33. The molecule has 0 rings (SSSR count). The maximum Gasteiger partial charge on any atom is -0.0329 e. The van der Waals surface area contributed by atoms with Gasteiger partial charge in [0.2, 0.25) is 0 Å². The molecule has 0 aromatic carbocycles. The summed E-state index contributed by atoms with van der Waals surface area (Å²) in [5, 5.41) is 0. The Balaban J connectivity index is 4.61. The van der Waals surface area contributed by atoms with Crippen LogP contribution in [0.2, 0.25) is 0 Å². The molecule has 0 heterocycles. The van der Waals surface area contributed by atoms with E-state index in [0.717, 1.165) is 29.6 Å². The van der Waals surface area contributed by atoms with Crippen molar-refractivity contribution in [3.63, 3.8) is 0 Å². The molecule has 0 saturated heterocycles. The van der Waals surface area contributed by atoms with Crippen molar-refractivity contribution in [1.29, 1.82) is 0 Å². The summed E-state index contributed by atoms with van der Waals surface area (Å²) in [4.78, 5) is 0. The highest BCUT2D eigenvalue weighted by molar-refractivity contribution is 4.82. The Morgan fingerprint density at radius 2 is 1.19 bits per heavy atom. The highest BCUT2D eigenvalue weighted by Gasteiger charge is 2.33. The van der Waals surface area contributed by atoms with Crippen LogP contribution in [-0.2, 0) is 0 Å². The summed E-state index contributed by atoms with van der Waals surface area (Å²) in [6.07, 6.45) is 1.28. The highest BCUT2D eigenvalue weighted by Crippen LogP contribution is 2.41. The molecule has 0 aliphatic carbocycles. The van der Waals surface area contributed by atoms with E-state index in [1.807, 2.05) is 0 Å². The van der Waals surface area contributed by atoms with Crippen LogP contribution in [0.4, 0.5) is 0 Å². The molecule has 98 valence electrons. The van der Waals surface area contributed by atoms with Crippen LogP contribution < -0.4 is 0 Å². The van der Waals surface area contributed by atoms with Crippen molar-refractivity contribution in [1.82, 2.24) is 0 Å². The Labute approximate surface area is 104 Å². The molecule has 0 heteroatoms. The van der Waals surface area contributed by atoms with Crippen LogP contribution in [0.5, 0.6) is 0 Å². The number of rotatable bonds is 6. The zero-order valence-corrected chi connectivity index (χ0v) is 13.1. The normalized spacial score (nSPS) is 20.6. The summed E-state index contributed by atoms with van der Waals surface area (Å²) in [6.45, 7) is 21.6. The molecule has 0 aliphatic heterocycles. The molecule has 0 saturated carbocycles. The van der Waals surface area contributed by atoms with E-state index in [2.05, 4.69) is 62.3 Å². The first-order valence-corrected chi connectivity index (χ1v) is 7.15. The van der Waals surface area contributed by atoms with Crippen LogP contribution in [0.1, 0.15) is 68.7 Å². The van der Waals surface area contributed by atoms with Gasteiger partial charge in [-0.05, 0) is 35.0 Å². The first-order valence-electron chi connectivity index (χ1n) is 7.15. The van der Waals surface area contributed by atoms with E-state index in [9.17, 15) is 0 Å². The van der Waals surface area contributed by atoms with Crippen LogP contribution >= 0.6 is 0 Å². The first-order chi connectivity index (χ1) is 7.15. The van der Waals surface area contributed by atoms with Crippen molar-refractivity contribution < 1.29 is 0 Å². The van der Waals surface area contributed by atoms with Gasteiger partial charge in [0.25, 0.3) is 0 Å². The second-order valence-corrected chi connectivity index (χ2v) is 6.95. The van der Waals surface area contributed by atoms with Crippen LogP contribution in [0.3, 0.4) is 0 Å². The largest absolute Gasteiger partial charge is 0.0649 e. The maximum atomic E-state index is 2.45. The van der Waals surface area contributed by atoms with Gasteiger partial charge < -0.3 is 0 Å². The molecule has 0 bridgehead atoms. The molecule has 0 fully saturated rings. The Hall–Kier alpha value is 0. The van der Waals surface area contributed by atoms with E-state index in [1.54, 1.807) is 0 Å². The molecule has 0 amide bonds. The standard InChI is InChI=1S/C16H34/c1-10-16(8,9)15(7)14(6)13(5)12(4)11(2)3/h11-15H,10H2,1-9H3. The Kier molecular flexibility index (Phi) is 6.07. The van der Waals surface area contributed by atoms with Crippen LogP contribution in [0.25, 0.3) is 0 Å². The van der Waals surface area contributed by atoms with Gasteiger partial charge in [0, 0.05) is 0 Å². The third kappa shape index (κ3) is 3.79. The molecule has 0 nitrogen and oxygen atoms in total. The van der Waals surface area contributed by atoms with Crippen molar-refractivity contribution >= 4 is 0 Å². The monoisotopic (exact) mass is 226 g/mol. The lowest BCUT2D eigenvalue weighted by Gasteiger charge is -2.40. The minimum atomic E-state index is 0.477. The van der Waals surface area contributed by atoms with Gasteiger partial charge in [-0.3, -0.25) is 0 Å². The summed E-state index contributed by atoms with van der Waals surface area (Å²) >= 11 is 0. The first kappa shape index (κ1) is 16.0. The van der Waals surface area contributed by atoms with Crippen molar-refractivity contribution in [2.24, 2.45) is 35.0 Å². The number of hydrogen-bond acceptors (Lipinski definition) is 0. The molecule has 4 unspecified atom stereocenters. The molecule has 0 aliphatic rings. The zero-order valence-electron chi connectivity index (χ0n) is 13.1. The van der Waals surface area contributed by atoms with E-state index in [4.69, 9.17) is 0 Å². The highest BCUT2D eigenvalue weighted by atomic mass is 14.4. The number of hydrogen-bond donors (Lipinski definition) is 0. The van der Waals surface area contributed by atoms with Crippen molar-refractivity contribution in [2.75, 3.05) is 0 Å². The predicted octanol–water partition coefficient (Wildman–Crippen LogP) is 5.62. The fourth-order valence-electron chi connectivity index (χ4n) is 2.57. The van der Waals surface area contributed by atoms with Gasteiger partial charge in [0.1, 0.15) is 0 Å². The maximum absolute atomic E-state index is 2.45. The fourth-order valence-corrected chi connectivity index (χ4v) is 2.57. The summed E-state index contributed by atoms with van der Waals surface area (Å²) in [7, 11) is 0. The van der Waals surface area contributed by atoms with E-state index < -0.39 is 0 Å². The summed E-state index contributed by atoms with van der Waals surface area (Å²) in [5.41, 5.74) is 0.477. The van der Waals surface area contributed by atoms with E-state index in [0.29, 0.717) is 5.41 Å². The van der Waals surface area contributed by atoms with Crippen LogP contribution in [-0.4, -0.2) is 0 Å². The van der Waals surface area contributed by atoms with Crippen molar-refractivity contribution in [2.45, 2.75) is 68.7 Å². The molecule has 0 aromatic heterocycles. The fraction of sp³-hybridized carbons (Fsp3) is 1.00. The topological polar surface area (TPSA) is 0 Å². The van der Waals surface area contributed by atoms with Gasteiger partial charge in [-0.1, -0.05) is 68.7 Å². The van der Waals surface area contributed by atoms with Gasteiger partial charge in [-0.15, -0.1) is 0 Å². The minimum Gasteiger partial charge on any atom is -0.0649 e. The molecule has 0 spiro atoms. The lowest BCUT2D eigenvalue weighted by molar-refractivity contribution is 0.0897. The van der Waals surface area contributed by atoms with Crippen molar-refractivity contribution in [3.8, 4) is 0 Å². The predicted molar refractivity (Wildman–Crippen MR) is 75.6 cm³/mol. The van der Waals surface area contributed by atoms with E-state index >= 15 is 0 Å². The Bertz CT molecular complexity index is 190. The minimum absolute atomic E-state index is 0.477. The smallest absolute Gasteiger partial charge is 0.0329 e. The van der Waals surface area contributed by atoms with E-state index in [-0.39, 0.29) is 0 Å². The Morgan fingerprint density at radius 3 is 1.50 bits per heavy atom. The quantitative estimate of drug-likeness (QED) is 0.551. The second kappa shape index (κ2) is 6.07. The average molecular weight is 226 g/mol. The summed E-state index contributed by atoms with van der Waals surface area (Å²) < 4.78 is 0. The van der Waals surface area contributed by atoms with E-state index in [1.165, 1.54) is 6.42 Å². The van der Waals surface area contributed by atoms with Gasteiger partial charge >= 0.3 is 0 Å². The molecule has 4 atom stereocenters. The Morgan fingerprint density at radius 1 is 0.750 bits per heavy atom. The van der Waals surface area contributed by atoms with Gasteiger partial charge in [-0.2, -0.15) is 0 Å². The second-order valence-electron chi connectivity index (χ2n) is 6.95. The third-order valence-corrected chi connectivity index (χ3v) is 5.64. The molecular weight excluding hydrogens is 192 g/mol. The molecule has 0 radical (unpaired) electrons. The summed E-state index contributed by atoms with van der Waals surface area (Å²) in [6, 6.07) is 0. The summed E-state index contributed by atoms with van der Waals surface area (Å²) in [5.74, 6) is 4.06. The SMILES string of the molecule is CCC(C)(C)C(C)C(C)C(C)C(C)C(C)C. The lowest BCUT2D eigenvalue weighted by atomic mass is 9.65. The molecule has 0 N–H and O–H groups in total. The molecular formula is C16H34. The molecule has 16 heavy (non-hydrogen) atoms. The van der Waals surface area contributed by atoms with Gasteiger partial charge in [0.05, 0.1) is 0 Å². The van der Waals surface area contributed by atoms with Gasteiger partial charge in [0.15, 0.2) is 0 Å². The zero-order chi connectivity index (χ0) is 13.1. The average Bonchev–Trinajstić information content (AvgIpc) is 2.24. The van der Waals surface area contributed by atoms with Crippen LogP contribution in [0, 0.1) is 35.0 Å². The molecule has 0 aromatic rings. The third-order valence-electron chi connectivity index (χ3n) is 5.64. The van der Waals surface area contributed by atoms with Crippen LogP contribution in [0.15, 0.2) is 0 Å². The van der Waals surface area contributed by atoms with Crippen molar-refractivity contribution in [3.05, 3.63) is 0 Å². The van der Waals surface area contributed by atoms with Gasteiger partial charge in [-0.25, -0.2) is 0 Å².